The molecule has 1 heterocycles. The molecule has 1 aliphatic rings. The second kappa shape index (κ2) is 2.47. The minimum atomic E-state index is -0.350. The molecule has 2 rings (SSSR count). The van der Waals surface area contributed by atoms with Gasteiger partial charge in [-0.2, -0.15) is 0 Å². The largest absolute Gasteiger partial charge is 0.368 e. The van der Waals surface area contributed by atoms with Crippen molar-refractivity contribution >= 4 is 11.6 Å². The number of ether oxygens (including phenoxy) is 1. The SMILES string of the molecule is Fc1c(Cl)cccc1[C@H]1CO1. The molecule has 0 radical (unpaired) electrons. The van der Waals surface area contributed by atoms with Gasteiger partial charge in [0.2, 0.25) is 0 Å². The van der Waals surface area contributed by atoms with Crippen molar-refractivity contribution in [3.63, 3.8) is 0 Å². The summed E-state index contributed by atoms with van der Waals surface area (Å²) in [5, 5.41) is 0.165. The summed E-state index contributed by atoms with van der Waals surface area (Å²) in [6, 6.07) is 4.95. The third-order valence-electron chi connectivity index (χ3n) is 1.66. The minimum absolute atomic E-state index is 0.0614. The Morgan fingerprint density at radius 2 is 2.27 bits per heavy atom. The molecule has 1 aliphatic heterocycles. The molecule has 0 aliphatic carbocycles. The van der Waals surface area contributed by atoms with Crippen LogP contribution in [0, 0.1) is 5.82 Å². The Balaban J connectivity index is 2.45. The van der Waals surface area contributed by atoms with Gasteiger partial charge >= 0.3 is 0 Å². The van der Waals surface area contributed by atoms with Crippen molar-refractivity contribution in [3.8, 4) is 0 Å². The van der Waals surface area contributed by atoms with E-state index in [-0.39, 0.29) is 16.9 Å². The fourth-order valence-corrected chi connectivity index (χ4v) is 1.18. The zero-order valence-corrected chi connectivity index (χ0v) is 6.44. The molecule has 1 aromatic carbocycles. The fraction of sp³-hybridized carbons (Fsp3) is 0.250. The Kier molecular flexibility index (Phi) is 1.59. The third-order valence-corrected chi connectivity index (χ3v) is 1.95. The molecule has 0 unspecified atom stereocenters. The first kappa shape index (κ1) is 7.07. The average molecular weight is 173 g/mol. The van der Waals surface area contributed by atoms with Gasteiger partial charge < -0.3 is 4.74 Å². The normalized spacial score (nSPS) is 21.8. The summed E-state index contributed by atoms with van der Waals surface area (Å²) in [6.45, 7) is 0.608. The molecule has 1 saturated heterocycles. The highest BCUT2D eigenvalue weighted by atomic mass is 35.5. The summed E-state index contributed by atoms with van der Waals surface area (Å²) in [5.74, 6) is -0.350. The third kappa shape index (κ3) is 1.24. The van der Waals surface area contributed by atoms with Gasteiger partial charge in [0.25, 0.3) is 0 Å². The molecule has 11 heavy (non-hydrogen) atoms. The van der Waals surface area contributed by atoms with E-state index in [4.69, 9.17) is 16.3 Å². The van der Waals surface area contributed by atoms with E-state index in [0.29, 0.717) is 12.2 Å². The van der Waals surface area contributed by atoms with Crippen LogP contribution in [0.25, 0.3) is 0 Å². The van der Waals surface area contributed by atoms with Crippen molar-refractivity contribution in [3.05, 3.63) is 34.6 Å². The van der Waals surface area contributed by atoms with E-state index in [0.717, 1.165) is 0 Å². The Morgan fingerprint density at radius 3 is 2.91 bits per heavy atom. The number of benzene rings is 1. The predicted octanol–water partition coefficient (Wildman–Crippen LogP) is 2.55. The maximum absolute atomic E-state index is 13.1. The van der Waals surface area contributed by atoms with Crippen LogP contribution in [0.3, 0.4) is 0 Å². The Labute approximate surface area is 68.7 Å². The zero-order valence-electron chi connectivity index (χ0n) is 5.68. The van der Waals surface area contributed by atoms with Crippen molar-refractivity contribution in [2.24, 2.45) is 0 Å². The van der Waals surface area contributed by atoms with E-state index in [1.807, 2.05) is 0 Å². The molecule has 58 valence electrons. The van der Waals surface area contributed by atoms with Gasteiger partial charge in [0.1, 0.15) is 11.9 Å². The Hall–Kier alpha value is -0.600. The van der Waals surface area contributed by atoms with Crippen molar-refractivity contribution in [1.29, 1.82) is 0 Å². The smallest absolute Gasteiger partial charge is 0.147 e. The van der Waals surface area contributed by atoms with Crippen LogP contribution >= 0.6 is 11.6 Å². The van der Waals surface area contributed by atoms with Crippen LogP contribution in [-0.2, 0) is 4.74 Å². The van der Waals surface area contributed by atoms with Gasteiger partial charge in [-0.15, -0.1) is 0 Å². The molecule has 0 amide bonds. The first-order valence-electron chi connectivity index (χ1n) is 3.34. The highest BCUT2D eigenvalue weighted by Crippen LogP contribution is 2.33. The molecule has 0 bridgehead atoms. The number of halogens is 2. The number of hydrogen-bond acceptors (Lipinski definition) is 1. The first-order chi connectivity index (χ1) is 5.29. The second-order valence-corrected chi connectivity index (χ2v) is 2.87. The maximum Gasteiger partial charge on any atom is 0.147 e. The lowest BCUT2D eigenvalue weighted by molar-refractivity contribution is 0.408. The monoisotopic (exact) mass is 172 g/mol. The van der Waals surface area contributed by atoms with E-state index in [1.54, 1.807) is 12.1 Å². The van der Waals surface area contributed by atoms with Crippen molar-refractivity contribution in [2.75, 3.05) is 6.61 Å². The van der Waals surface area contributed by atoms with Crippen molar-refractivity contribution in [2.45, 2.75) is 6.10 Å². The van der Waals surface area contributed by atoms with Crippen LogP contribution in [0.2, 0.25) is 5.02 Å². The van der Waals surface area contributed by atoms with Gasteiger partial charge in [-0.3, -0.25) is 0 Å². The van der Waals surface area contributed by atoms with Gasteiger partial charge in [0, 0.05) is 5.56 Å². The van der Waals surface area contributed by atoms with Gasteiger partial charge in [-0.1, -0.05) is 23.7 Å². The van der Waals surface area contributed by atoms with E-state index in [9.17, 15) is 4.39 Å². The predicted molar refractivity (Wildman–Crippen MR) is 40.1 cm³/mol. The second-order valence-electron chi connectivity index (χ2n) is 2.47. The van der Waals surface area contributed by atoms with E-state index in [1.165, 1.54) is 6.07 Å². The summed E-state index contributed by atoms with van der Waals surface area (Å²) in [5.41, 5.74) is 0.567. The molecular weight excluding hydrogens is 167 g/mol. The van der Waals surface area contributed by atoms with Crippen LogP contribution in [0.4, 0.5) is 4.39 Å². The molecular formula is C8H6ClFO. The summed E-state index contributed by atoms with van der Waals surface area (Å²) >= 11 is 5.56. The Bertz CT molecular complexity index is 283. The number of hydrogen-bond donors (Lipinski definition) is 0. The van der Waals surface area contributed by atoms with Crippen LogP contribution in [0.1, 0.15) is 11.7 Å². The fourth-order valence-electron chi connectivity index (χ4n) is 0.997. The van der Waals surface area contributed by atoms with Crippen molar-refractivity contribution < 1.29 is 9.13 Å². The maximum atomic E-state index is 13.1. The lowest BCUT2D eigenvalue weighted by atomic mass is 10.1. The quantitative estimate of drug-likeness (QED) is 0.593. The van der Waals surface area contributed by atoms with Gasteiger partial charge in [0.05, 0.1) is 11.6 Å². The standard InChI is InChI=1S/C8H6ClFO/c9-6-3-1-2-5(8(6)10)7-4-11-7/h1-3,7H,4H2/t7-/m1/s1. The van der Waals surface area contributed by atoms with E-state index in [2.05, 4.69) is 0 Å². The zero-order chi connectivity index (χ0) is 7.84. The van der Waals surface area contributed by atoms with Crippen molar-refractivity contribution in [1.82, 2.24) is 0 Å². The van der Waals surface area contributed by atoms with E-state index < -0.39 is 0 Å². The van der Waals surface area contributed by atoms with Crippen LogP contribution in [0.15, 0.2) is 18.2 Å². The molecule has 1 atom stereocenters. The van der Waals surface area contributed by atoms with Gasteiger partial charge in [-0.25, -0.2) is 4.39 Å². The lowest BCUT2D eigenvalue weighted by Crippen LogP contribution is -1.87. The summed E-state index contributed by atoms with van der Waals surface area (Å²) in [6.07, 6.45) is -0.0614. The summed E-state index contributed by atoms with van der Waals surface area (Å²) < 4.78 is 18.0. The highest BCUT2D eigenvalue weighted by molar-refractivity contribution is 6.30. The Morgan fingerprint density at radius 1 is 1.55 bits per heavy atom. The summed E-state index contributed by atoms with van der Waals surface area (Å²) in [4.78, 5) is 0. The molecule has 0 N–H and O–H groups in total. The molecule has 1 aromatic rings. The molecule has 0 saturated carbocycles. The summed E-state index contributed by atoms with van der Waals surface area (Å²) in [7, 11) is 0. The average Bonchev–Trinajstić information content (AvgIpc) is 2.77. The highest BCUT2D eigenvalue weighted by Gasteiger charge is 2.28. The molecule has 0 spiro atoms. The van der Waals surface area contributed by atoms with E-state index >= 15 is 0 Å². The lowest BCUT2D eigenvalue weighted by Gasteiger charge is -1.98. The van der Waals surface area contributed by atoms with Gasteiger partial charge in [-0.05, 0) is 6.07 Å². The van der Waals surface area contributed by atoms with Crippen LogP contribution in [0.5, 0.6) is 0 Å². The van der Waals surface area contributed by atoms with Crippen LogP contribution < -0.4 is 0 Å². The number of rotatable bonds is 1. The number of epoxide rings is 1. The molecule has 1 fully saturated rings. The molecule has 1 nitrogen and oxygen atoms in total. The topological polar surface area (TPSA) is 12.5 Å². The van der Waals surface area contributed by atoms with Crippen LogP contribution in [-0.4, -0.2) is 6.61 Å². The first-order valence-corrected chi connectivity index (χ1v) is 3.72. The van der Waals surface area contributed by atoms with Gasteiger partial charge in [0.15, 0.2) is 0 Å². The minimum Gasteiger partial charge on any atom is -0.368 e. The molecule has 0 aromatic heterocycles. The molecule has 3 heteroatoms.